The van der Waals surface area contributed by atoms with E-state index in [0.29, 0.717) is 27.8 Å². The van der Waals surface area contributed by atoms with Crippen LogP contribution in [0.15, 0.2) is 53.5 Å². The Morgan fingerprint density at radius 1 is 1.19 bits per heavy atom. The monoisotopic (exact) mass is 352 g/mol. The van der Waals surface area contributed by atoms with Gasteiger partial charge in [-0.15, -0.1) is 6.58 Å². The van der Waals surface area contributed by atoms with E-state index in [1.54, 1.807) is 18.2 Å². The van der Waals surface area contributed by atoms with Crippen molar-refractivity contribution in [1.29, 1.82) is 0 Å². The Bertz CT molecular complexity index is 635. The van der Waals surface area contributed by atoms with Crippen molar-refractivity contribution < 1.29 is 13.5 Å². The van der Waals surface area contributed by atoms with E-state index in [2.05, 4.69) is 22.5 Å². The van der Waals surface area contributed by atoms with Crippen LogP contribution >= 0.6 is 15.9 Å². The Morgan fingerprint density at radius 3 is 2.62 bits per heavy atom. The highest BCUT2D eigenvalue weighted by Crippen LogP contribution is 2.33. The largest absolute Gasteiger partial charge is 0.490 e. The van der Waals surface area contributed by atoms with Crippen molar-refractivity contribution >= 4 is 15.9 Å². The molecule has 0 amide bonds. The molecule has 0 saturated heterocycles. The van der Waals surface area contributed by atoms with Gasteiger partial charge in [-0.2, -0.15) is 0 Å². The third-order valence-corrected chi connectivity index (χ3v) is 3.40. The van der Waals surface area contributed by atoms with Gasteiger partial charge in [-0.25, -0.2) is 8.78 Å². The summed E-state index contributed by atoms with van der Waals surface area (Å²) in [6.45, 7) is 5.53. The average Bonchev–Trinajstić information content (AvgIpc) is 2.37. The van der Waals surface area contributed by atoms with Crippen molar-refractivity contribution in [1.82, 2.24) is 0 Å². The quantitative estimate of drug-likeness (QED) is 0.623. The Hall–Kier alpha value is -1.68. The summed E-state index contributed by atoms with van der Waals surface area (Å²) in [5.74, 6) is -0.370. The predicted octanol–water partition coefficient (Wildman–Crippen LogP) is 5.74. The Morgan fingerprint density at radius 2 is 1.95 bits per heavy atom. The molecule has 0 radical (unpaired) electrons. The molecule has 1 atom stereocenters. The molecule has 0 saturated carbocycles. The third-order valence-electron chi connectivity index (χ3n) is 2.94. The first-order valence-corrected chi connectivity index (χ1v) is 7.32. The maximum atomic E-state index is 13.5. The van der Waals surface area contributed by atoms with Gasteiger partial charge in [0.1, 0.15) is 17.4 Å². The number of hydrogen-bond acceptors (Lipinski definition) is 1. The second-order valence-electron chi connectivity index (χ2n) is 4.75. The zero-order valence-electron chi connectivity index (χ0n) is 11.6. The van der Waals surface area contributed by atoms with E-state index in [9.17, 15) is 8.78 Å². The first kappa shape index (κ1) is 15.7. The van der Waals surface area contributed by atoms with Gasteiger partial charge in [0.05, 0.1) is 6.10 Å². The van der Waals surface area contributed by atoms with E-state index in [1.165, 1.54) is 24.3 Å². The molecule has 0 fully saturated rings. The molecule has 110 valence electrons. The maximum absolute atomic E-state index is 13.5. The van der Waals surface area contributed by atoms with Crippen LogP contribution < -0.4 is 4.74 Å². The van der Waals surface area contributed by atoms with Crippen LogP contribution in [0.2, 0.25) is 0 Å². The molecule has 0 aliphatic heterocycles. The van der Waals surface area contributed by atoms with Gasteiger partial charge in [-0.3, -0.25) is 0 Å². The van der Waals surface area contributed by atoms with E-state index in [4.69, 9.17) is 4.74 Å². The highest BCUT2D eigenvalue weighted by molar-refractivity contribution is 9.10. The Labute approximate surface area is 131 Å². The predicted molar refractivity (Wildman–Crippen MR) is 84.4 cm³/mol. The zero-order valence-corrected chi connectivity index (χ0v) is 13.2. The second kappa shape index (κ2) is 6.85. The van der Waals surface area contributed by atoms with E-state index < -0.39 is 5.82 Å². The summed E-state index contributed by atoms with van der Waals surface area (Å²) in [6.07, 6.45) is 2.24. The second-order valence-corrected chi connectivity index (χ2v) is 5.67. The molecule has 0 aliphatic rings. The fraction of sp³-hybridized carbons (Fsp3) is 0.176. The van der Waals surface area contributed by atoms with E-state index >= 15 is 0 Å². The van der Waals surface area contributed by atoms with Gasteiger partial charge >= 0.3 is 0 Å². The van der Waals surface area contributed by atoms with Gasteiger partial charge in [0.2, 0.25) is 0 Å². The van der Waals surface area contributed by atoms with Crippen LogP contribution in [0.3, 0.4) is 0 Å². The molecule has 0 N–H and O–H groups in total. The smallest absolute Gasteiger partial charge is 0.130 e. The van der Waals surface area contributed by atoms with Gasteiger partial charge in [-0.05, 0) is 42.8 Å². The molecule has 21 heavy (non-hydrogen) atoms. The minimum Gasteiger partial charge on any atom is -0.490 e. The minimum absolute atomic E-state index is 0.139. The van der Waals surface area contributed by atoms with Crippen LogP contribution in [-0.2, 0) is 0 Å². The lowest BCUT2D eigenvalue weighted by molar-refractivity contribution is 0.225. The standard InChI is InChI=1S/C17H15BrF2O/c1-3-4-11(2)21-17-10-14(19)5-6-16(17)12-7-13(18)9-15(20)8-12/h3,5-11H,1,4H2,2H3. The fourth-order valence-electron chi connectivity index (χ4n) is 2.04. The Balaban J connectivity index is 2.45. The number of benzene rings is 2. The van der Waals surface area contributed by atoms with E-state index in [-0.39, 0.29) is 11.9 Å². The molecule has 0 bridgehead atoms. The normalized spacial score (nSPS) is 12.0. The molecule has 2 aromatic carbocycles. The fourth-order valence-corrected chi connectivity index (χ4v) is 2.51. The summed E-state index contributed by atoms with van der Waals surface area (Å²) in [5.41, 5.74) is 1.27. The van der Waals surface area contributed by atoms with E-state index in [0.717, 1.165) is 0 Å². The summed E-state index contributed by atoms with van der Waals surface area (Å²) >= 11 is 3.26. The van der Waals surface area contributed by atoms with Crippen molar-refractivity contribution in [2.45, 2.75) is 19.4 Å². The molecule has 4 heteroatoms. The van der Waals surface area contributed by atoms with Gasteiger partial charge in [0, 0.05) is 22.5 Å². The summed E-state index contributed by atoms with van der Waals surface area (Å²) in [4.78, 5) is 0. The number of rotatable bonds is 5. The van der Waals surface area contributed by atoms with E-state index in [1.807, 2.05) is 6.92 Å². The molecular weight excluding hydrogens is 338 g/mol. The molecule has 0 heterocycles. The van der Waals surface area contributed by atoms with Crippen LogP contribution in [0.5, 0.6) is 5.75 Å². The molecule has 2 rings (SSSR count). The van der Waals surface area contributed by atoms with Crippen molar-refractivity contribution in [3.05, 3.63) is 65.2 Å². The molecule has 1 nitrogen and oxygen atoms in total. The van der Waals surface area contributed by atoms with Crippen LogP contribution in [-0.4, -0.2) is 6.10 Å². The van der Waals surface area contributed by atoms with Crippen LogP contribution in [0, 0.1) is 11.6 Å². The lowest BCUT2D eigenvalue weighted by atomic mass is 10.0. The molecule has 0 aromatic heterocycles. The first-order valence-electron chi connectivity index (χ1n) is 6.53. The topological polar surface area (TPSA) is 9.23 Å². The van der Waals surface area contributed by atoms with Crippen molar-refractivity contribution in [3.8, 4) is 16.9 Å². The third kappa shape index (κ3) is 4.14. The number of hydrogen-bond donors (Lipinski definition) is 0. The van der Waals surface area contributed by atoms with Crippen molar-refractivity contribution in [2.24, 2.45) is 0 Å². The van der Waals surface area contributed by atoms with Crippen molar-refractivity contribution in [2.75, 3.05) is 0 Å². The summed E-state index contributed by atoms with van der Waals surface area (Å²) in [6, 6.07) is 8.76. The summed E-state index contributed by atoms with van der Waals surface area (Å²) in [7, 11) is 0. The average molecular weight is 353 g/mol. The zero-order chi connectivity index (χ0) is 15.4. The molecular formula is C17H15BrF2O. The minimum atomic E-state index is -0.393. The number of halogens is 3. The van der Waals surface area contributed by atoms with Gasteiger partial charge in [0.15, 0.2) is 0 Å². The lowest BCUT2D eigenvalue weighted by Gasteiger charge is -2.17. The summed E-state index contributed by atoms with van der Waals surface area (Å²) in [5, 5.41) is 0. The van der Waals surface area contributed by atoms with Gasteiger partial charge in [0.25, 0.3) is 0 Å². The molecule has 2 aromatic rings. The molecule has 0 spiro atoms. The lowest BCUT2D eigenvalue weighted by Crippen LogP contribution is -2.11. The first-order chi connectivity index (χ1) is 9.99. The maximum Gasteiger partial charge on any atom is 0.130 e. The van der Waals surface area contributed by atoms with Crippen LogP contribution in [0.4, 0.5) is 8.78 Å². The van der Waals surface area contributed by atoms with Crippen molar-refractivity contribution in [3.63, 3.8) is 0 Å². The highest BCUT2D eigenvalue weighted by atomic mass is 79.9. The van der Waals surface area contributed by atoms with Crippen LogP contribution in [0.1, 0.15) is 13.3 Å². The van der Waals surface area contributed by atoms with Gasteiger partial charge in [-0.1, -0.05) is 22.0 Å². The summed E-state index contributed by atoms with van der Waals surface area (Å²) < 4.78 is 33.4. The highest BCUT2D eigenvalue weighted by Gasteiger charge is 2.12. The molecule has 1 unspecified atom stereocenters. The Kier molecular flexibility index (Phi) is 5.12. The molecule has 0 aliphatic carbocycles. The SMILES string of the molecule is C=CCC(C)Oc1cc(F)ccc1-c1cc(F)cc(Br)c1. The van der Waals surface area contributed by atoms with Gasteiger partial charge < -0.3 is 4.74 Å². The number of ether oxygens (including phenoxy) is 1. The van der Waals surface area contributed by atoms with Crippen LogP contribution in [0.25, 0.3) is 11.1 Å².